The van der Waals surface area contributed by atoms with E-state index in [4.69, 9.17) is 0 Å². The first-order valence-corrected chi connectivity index (χ1v) is 8.11. The number of aryl methyl sites for hydroxylation is 1. The predicted molar refractivity (Wildman–Crippen MR) is 95.0 cm³/mol. The van der Waals surface area contributed by atoms with Crippen LogP contribution in [0.5, 0.6) is 0 Å². The zero-order chi connectivity index (χ0) is 18.7. The average molecular weight is 358 g/mol. The minimum atomic E-state index is -1.53. The highest BCUT2D eigenvalue weighted by Crippen LogP contribution is 2.18. The Kier molecular flexibility index (Phi) is 5.11. The predicted octanol–water partition coefficient (Wildman–Crippen LogP) is 4.20. The first-order valence-electron chi connectivity index (χ1n) is 8.11. The van der Waals surface area contributed by atoms with E-state index in [-0.39, 0.29) is 5.56 Å². The van der Waals surface area contributed by atoms with Crippen LogP contribution < -0.4 is 5.32 Å². The molecule has 0 fully saturated rings. The number of hydrogen-bond donors (Lipinski definition) is 1. The van der Waals surface area contributed by atoms with Crippen LogP contribution in [0.3, 0.4) is 0 Å². The Balaban J connectivity index is 1.60. The molecule has 3 nitrogen and oxygen atoms in total. The number of halogens is 3. The monoisotopic (exact) mass is 358 g/mol. The number of amides is 1. The number of benzene rings is 2. The molecule has 26 heavy (non-hydrogen) atoms. The van der Waals surface area contributed by atoms with E-state index in [0.29, 0.717) is 13.1 Å². The van der Waals surface area contributed by atoms with Gasteiger partial charge in [-0.1, -0.05) is 18.2 Å². The summed E-state index contributed by atoms with van der Waals surface area (Å²) in [6, 6.07) is 11.7. The number of rotatable bonds is 5. The van der Waals surface area contributed by atoms with Crippen LogP contribution in [-0.4, -0.2) is 17.0 Å². The average Bonchev–Trinajstić information content (AvgIpc) is 2.93. The summed E-state index contributed by atoms with van der Waals surface area (Å²) in [6.45, 7) is 2.99. The third-order valence-electron chi connectivity index (χ3n) is 4.09. The summed E-state index contributed by atoms with van der Waals surface area (Å²) >= 11 is 0. The fourth-order valence-electron chi connectivity index (χ4n) is 2.84. The van der Waals surface area contributed by atoms with Gasteiger partial charge in [-0.25, -0.2) is 13.2 Å². The first-order chi connectivity index (χ1) is 12.5. The minimum absolute atomic E-state index is 0.0730. The summed E-state index contributed by atoms with van der Waals surface area (Å²) < 4.78 is 41.3. The molecule has 0 aliphatic heterocycles. The van der Waals surface area contributed by atoms with E-state index in [1.807, 2.05) is 31.2 Å². The van der Waals surface area contributed by atoms with Gasteiger partial charge < -0.3 is 9.88 Å². The van der Waals surface area contributed by atoms with E-state index in [1.54, 1.807) is 0 Å². The van der Waals surface area contributed by atoms with Crippen LogP contribution in [0.15, 0.2) is 48.5 Å². The van der Waals surface area contributed by atoms with Crippen molar-refractivity contribution in [3.8, 4) is 0 Å². The molecule has 0 saturated heterocycles. The summed E-state index contributed by atoms with van der Waals surface area (Å²) in [5.74, 6) is -4.51. The largest absolute Gasteiger partial charge is 0.351 e. The van der Waals surface area contributed by atoms with Crippen molar-refractivity contribution >= 4 is 22.9 Å². The number of nitrogens with zero attached hydrogens (tertiary/aromatic N) is 1. The third-order valence-corrected chi connectivity index (χ3v) is 4.09. The third kappa shape index (κ3) is 3.79. The molecule has 1 aromatic heterocycles. The molecule has 0 unspecified atom stereocenters. The Bertz CT molecular complexity index is 969. The van der Waals surface area contributed by atoms with Gasteiger partial charge in [0.05, 0.1) is 0 Å². The highest BCUT2D eigenvalue weighted by molar-refractivity contribution is 5.91. The second kappa shape index (κ2) is 7.47. The fraction of sp³-hybridized carbons (Fsp3) is 0.150. The van der Waals surface area contributed by atoms with Crippen molar-refractivity contribution in [1.29, 1.82) is 0 Å². The van der Waals surface area contributed by atoms with Gasteiger partial charge in [0.1, 0.15) is 0 Å². The number of para-hydroxylation sites is 1. The van der Waals surface area contributed by atoms with E-state index >= 15 is 0 Å². The topological polar surface area (TPSA) is 34.0 Å². The van der Waals surface area contributed by atoms with Crippen LogP contribution >= 0.6 is 0 Å². The standard InChI is InChI=1S/C20H17F3N2O/c1-13-10-15-4-2-3-5-18(15)25(13)9-8-24-19(26)7-6-14-11-16(21)20(23)17(22)12-14/h2-7,10-12H,8-9H2,1H3,(H,24,26). The lowest BCUT2D eigenvalue weighted by molar-refractivity contribution is -0.116. The van der Waals surface area contributed by atoms with Crippen LogP contribution in [0.1, 0.15) is 11.3 Å². The molecule has 1 amide bonds. The normalized spacial score (nSPS) is 11.4. The van der Waals surface area contributed by atoms with Crippen molar-refractivity contribution in [3.05, 3.63) is 77.2 Å². The zero-order valence-corrected chi connectivity index (χ0v) is 14.1. The summed E-state index contributed by atoms with van der Waals surface area (Å²) in [6.07, 6.45) is 2.39. The van der Waals surface area contributed by atoms with Crippen LogP contribution in [-0.2, 0) is 11.3 Å². The molecule has 1 heterocycles. The first kappa shape index (κ1) is 17.8. The highest BCUT2D eigenvalue weighted by Gasteiger charge is 2.09. The molecular formula is C20H17F3N2O. The number of carbonyl (C=O) groups is 1. The summed E-state index contributed by atoms with van der Waals surface area (Å²) in [5, 5.41) is 3.85. The number of carbonyl (C=O) groups excluding carboxylic acids is 1. The summed E-state index contributed by atoms with van der Waals surface area (Å²) in [5.41, 5.74) is 2.25. The highest BCUT2D eigenvalue weighted by atomic mass is 19.2. The lowest BCUT2D eigenvalue weighted by Gasteiger charge is -2.08. The van der Waals surface area contributed by atoms with E-state index < -0.39 is 23.4 Å². The van der Waals surface area contributed by atoms with Crippen LogP contribution in [0.2, 0.25) is 0 Å². The molecule has 0 atom stereocenters. The van der Waals surface area contributed by atoms with Gasteiger partial charge in [-0.15, -0.1) is 0 Å². The van der Waals surface area contributed by atoms with Gasteiger partial charge >= 0.3 is 0 Å². The summed E-state index contributed by atoms with van der Waals surface area (Å²) in [4.78, 5) is 11.9. The quantitative estimate of drug-likeness (QED) is 0.538. The van der Waals surface area contributed by atoms with Crippen molar-refractivity contribution < 1.29 is 18.0 Å². The second-order valence-corrected chi connectivity index (χ2v) is 5.92. The SMILES string of the molecule is Cc1cc2ccccc2n1CCNC(=O)C=Cc1cc(F)c(F)c(F)c1. The molecule has 3 rings (SSSR count). The van der Waals surface area contributed by atoms with Crippen molar-refractivity contribution in [2.45, 2.75) is 13.5 Å². The number of aromatic nitrogens is 1. The molecular weight excluding hydrogens is 341 g/mol. The lowest BCUT2D eigenvalue weighted by Crippen LogP contribution is -2.25. The van der Waals surface area contributed by atoms with Crippen LogP contribution in [0.25, 0.3) is 17.0 Å². The van der Waals surface area contributed by atoms with E-state index in [2.05, 4.69) is 16.0 Å². The van der Waals surface area contributed by atoms with Crippen LogP contribution in [0, 0.1) is 24.4 Å². The number of fused-ring (bicyclic) bond motifs is 1. The molecule has 1 N–H and O–H groups in total. The van der Waals surface area contributed by atoms with Gasteiger partial charge in [-0.2, -0.15) is 0 Å². The van der Waals surface area contributed by atoms with Crippen molar-refractivity contribution in [1.82, 2.24) is 9.88 Å². The van der Waals surface area contributed by atoms with Gasteiger partial charge in [-0.3, -0.25) is 4.79 Å². The maximum atomic E-state index is 13.1. The molecule has 0 aliphatic rings. The molecule has 0 radical (unpaired) electrons. The lowest BCUT2D eigenvalue weighted by atomic mass is 10.2. The van der Waals surface area contributed by atoms with Gasteiger partial charge in [-0.05, 0) is 48.2 Å². The molecule has 2 aromatic carbocycles. The maximum Gasteiger partial charge on any atom is 0.244 e. The Morgan fingerprint density at radius 3 is 2.54 bits per heavy atom. The Labute approximate surface area is 148 Å². The Morgan fingerprint density at radius 2 is 1.81 bits per heavy atom. The molecule has 0 bridgehead atoms. The molecule has 134 valence electrons. The molecule has 3 aromatic rings. The molecule has 0 saturated carbocycles. The van der Waals surface area contributed by atoms with Gasteiger partial charge in [0.15, 0.2) is 17.5 Å². The van der Waals surface area contributed by atoms with E-state index in [0.717, 1.165) is 34.8 Å². The van der Waals surface area contributed by atoms with E-state index in [1.165, 1.54) is 6.08 Å². The zero-order valence-electron chi connectivity index (χ0n) is 14.1. The molecule has 0 aliphatic carbocycles. The Hall–Kier alpha value is -3.02. The maximum absolute atomic E-state index is 13.1. The Morgan fingerprint density at radius 1 is 1.12 bits per heavy atom. The number of nitrogens with one attached hydrogen (secondary N) is 1. The van der Waals surface area contributed by atoms with Crippen molar-refractivity contribution in [2.24, 2.45) is 0 Å². The molecule has 6 heteroatoms. The van der Waals surface area contributed by atoms with E-state index in [9.17, 15) is 18.0 Å². The van der Waals surface area contributed by atoms with Gasteiger partial charge in [0, 0.05) is 30.4 Å². The smallest absolute Gasteiger partial charge is 0.244 e. The van der Waals surface area contributed by atoms with Crippen molar-refractivity contribution in [3.63, 3.8) is 0 Å². The van der Waals surface area contributed by atoms with Crippen LogP contribution in [0.4, 0.5) is 13.2 Å². The van der Waals surface area contributed by atoms with Gasteiger partial charge in [0.25, 0.3) is 0 Å². The van der Waals surface area contributed by atoms with Gasteiger partial charge in [0.2, 0.25) is 5.91 Å². The molecule has 0 spiro atoms. The minimum Gasteiger partial charge on any atom is -0.351 e. The fourth-order valence-corrected chi connectivity index (χ4v) is 2.84. The second-order valence-electron chi connectivity index (χ2n) is 5.92. The summed E-state index contributed by atoms with van der Waals surface area (Å²) in [7, 11) is 0. The number of hydrogen-bond acceptors (Lipinski definition) is 1. The van der Waals surface area contributed by atoms with Crippen molar-refractivity contribution in [2.75, 3.05) is 6.54 Å².